The molecule has 0 spiro atoms. The van der Waals surface area contributed by atoms with Crippen molar-refractivity contribution >= 4 is 5.78 Å². The van der Waals surface area contributed by atoms with E-state index in [0.29, 0.717) is 13.0 Å². The summed E-state index contributed by atoms with van der Waals surface area (Å²) < 4.78 is 5.24. The predicted molar refractivity (Wildman–Crippen MR) is 58.7 cm³/mol. The second-order valence-corrected chi connectivity index (χ2v) is 3.40. The monoisotopic (exact) mass is 207 g/mol. The standard InChI is InChI=1S/C12H17NO2/c1-2-12(14)10-15-9-3-4-11-5-7-13-8-6-11/h5-8H,2-4,9-10H2,1H3. The van der Waals surface area contributed by atoms with Crippen LogP contribution in [0.1, 0.15) is 25.3 Å². The molecule has 1 heterocycles. The van der Waals surface area contributed by atoms with Gasteiger partial charge in [-0.1, -0.05) is 6.92 Å². The molecule has 0 fully saturated rings. The van der Waals surface area contributed by atoms with Gasteiger partial charge in [0.05, 0.1) is 0 Å². The highest BCUT2D eigenvalue weighted by atomic mass is 16.5. The van der Waals surface area contributed by atoms with E-state index in [1.807, 2.05) is 19.1 Å². The van der Waals surface area contributed by atoms with E-state index in [9.17, 15) is 4.79 Å². The van der Waals surface area contributed by atoms with Crippen LogP contribution < -0.4 is 0 Å². The van der Waals surface area contributed by atoms with E-state index in [-0.39, 0.29) is 12.4 Å². The maximum atomic E-state index is 10.9. The fourth-order valence-electron chi connectivity index (χ4n) is 1.22. The van der Waals surface area contributed by atoms with E-state index >= 15 is 0 Å². The number of nitrogens with zero attached hydrogens (tertiary/aromatic N) is 1. The van der Waals surface area contributed by atoms with Crippen molar-refractivity contribution < 1.29 is 9.53 Å². The number of hydrogen-bond acceptors (Lipinski definition) is 3. The van der Waals surface area contributed by atoms with Crippen LogP contribution in [0.5, 0.6) is 0 Å². The zero-order valence-electron chi connectivity index (χ0n) is 9.11. The molecule has 3 heteroatoms. The van der Waals surface area contributed by atoms with Gasteiger partial charge in [-0.25, -0.2) is 0 Å². The average Bonchev–Trinajstić information content (AvgIpc) is 2.29. The Morgan fingerprint density at radius 3 is 2.80 bits per heavy atom. The Labute approximate surface area is 90.5 Å². The van der Waals surface area contributed by atoms with Gasteiger partial charge in [-0.15, -0.1) is 0 Å². The van der Waals surface area contributed by atoms with Crippen molar-refractivity contribution in [2.24, 2.45) is 0 Å². The minimum Gasteiger partial charge on any atom is -0.374 e. The molecule has 0 saturated heterocycles. The summed E-state index contributed by atoms with van der Waals surface area (Å²) in [4.78, 5) is 14.9. The Hall–Kier alpha value is -1.22. The summed E-state index contributed by atoms with van der Waals surface area (Å²) in [6.45, 7) is 2.75. The number of aromatic nitrogens is 1. The topological polar surface area (TPSA) is 39.2 Å². The summed E-state index contributed by atoms with van der Waals surface area (Å²) in [5, 5.41) is 0. The smallest absolute Gasteiger partial charge is 0.158 e. The molecule has 0 aliphatic rings. The summed E-state index contributed by atoms with van der Waals surface area (Å²) in [6, 6.07) is 3.99. The van der Waals surface area contributed by atoms with E-state index < -0.39 is 0 Å². The Bertz CT molecular complexity index is 285. The van der Waals surface area contributed by atoms with E-state index in [4.69, 9.17) is 4.74 Å². The zero-order valence-corrected chi connectivity index (χ0v) is 9.11. The van der Waals surface area contributed by atoms with E-state index in [1.54, 1.807) is 12.4 Å². The van der Waals surface area contributed by atoms with Gasteiger partial charge in [0.2, 0.25) is 0 Å². The average molecular weight is 207 g/mol. The fourth-order valence-corrected chi connectivity index (χ4v) is 1.22. The summed E-state index contributed by atoms with van der Waals surface area (Å²) in [7, 11) is 0. The Balaban J connectivity index is 2.05. The number of ketones is 1. The quantitative estimate of drug-likeness (QED) is 0.642. The SMILES string of the molecule is CCC(=O)COCCCc1ccncc1. The van der Waals surface area contributed by atoms with Crippen molar-refractivity contribution in [1.29, 1.82) is 0 Å². The maximum absolute atomic E-state index is 10.9. The summed E-state index contributed by atoms with van der Waals surface area (Å²) >= 11 is 0. The predicted octanol–water partition coefficient (Wildman–Crippen LogP) is 2.01. The number of carbonyl (C=O) groups excluding carboxylic acids is 1. The van der Waals surface area contributed by atoms with E-state index in [0.717, 1.165) is 12.8 Å². The number of hydrogen-bond donors (Lipinski definition) is 0. The molecule has 82 valence electrons. The molecule has 3 nitrogen and oxygen atoms in total. The molecule has 1 aromatic heterocycles. The van der Waals surface area contributed by atoms with E-state index in [2.05, 4.69) is 4.98 Å². The molecule has 0 aliphatic heterocycles. The van der Waals surface area contributed by atoms with E-state index in [1.165, 1.54) is 5.56 Å². The van der Waals surface area contributed by atoms with Gasteiger partial charge >= 0.3 is 0 Å². The molecular formula is C12H17NO2. The van der Waals surface area contributed by atoms with Crippen molar-refractivity contribution in [3.8, 4) is 0 Å². The van der Waals surface area contributed by atoms with Crippen LogP contribution in [0.3, 0.4) is 0 Å². The Morgan fingerprint density at radius 1 is 1.40 bits per heavy atom. The molecule has 0 atom stereocenters. The molecule has 0 bridgehead atoms. The Kier molecular flexibility index (Phi) is 5.63. The molecule has 1 rings (SSSR count). The van der Waals surface area contributed by atoms with Crippen LogP contribution in [0, 0.1) is 0 Å². The van der Waals surface area contributed by atoms with Crippen LogP contribution in [-0.4, -0.2) is 24.0 Å². The fraction of sp³-hybridized carbons (Fsp3) is 0.500. The number of ether oxygens (including phenoxy) is 1. The van der Waals surface area contributed by atoms with Gasteiger partial charge in [0.1, 0.15) is 6.61 Å². The third kappa shape index (κ3) is 5.27. The molecule has 0 aliphatic carbocycles. The van der Waals surface area contributed by atoms with Crippen LogP contribution >= 0.6 is 0 Å². The highest BCUT2D eigenvalue weighted by Gasteiger charge is 1.97. The van der Waals surface area contributed by atoms with Crippen LogP contribution in [0.15, 0.2) is 24.5 Å². The van der Waals surface area contributed by atoms with Crippen molar-refractivity contribution in [2.45, 2.75) is 26.2 Å². The van der Waals surface area contributed by atoms with Crippen molar-refractivity contribution in [3.63, 3.8) is 0 Å². The maximum Gasteiger partial charge on any atom is 0.158 e. The molecular weight excluding hydrogens is 190 g/mol. The number of pyridine rings is 1. The summed E-state index contributed by atoms with van der Waals surface area (Å²) in [5.74, 6) is 0.166. The third-order valence-electron chi connectivity index (χ3n) is 2.16. The minimum absolute atomic E-state index is 0.166. The molecule has 0 amide bonds. The second kappa shape index (κ2) is 7.12. The lowest BCUT2D eigenvalue weighted by Crippen LogP contribution is -2.08. The van der Waals surface area contributed by atoms with Crippen LogP contribution in [0.2, 0.25) is 0 Å². The first-order valence-electron chi connectivity index (χ1n) is 5.31. The van der Waals surface area contributed by atoms with Gasteiger partial charge in [0, 0.05) is 25.4 Å². The summed E-state index contributed by atoms with van der Waals surface area (Å²) in [6.07, 6.45) is 6.06. The molecule has 0 N–H and O–H groups in total. The number of aryl methyl sites for hydroxylation is 1. The first kappa shape index (κ1) is 11.9. The van der Waals surface area contributed by atoms with Gasteiger partial charge in [0.15, 0.2) is 5.78 Å². The van der Waals surface area contributed by atoms with Crippen molar-refractivity contribution in [1.82, 2.24) is 4.98 Å². The van der Waals surface area contributed by atoms with Crippen molar-refractivity contribution in [3.05, 3.63) is 30.1 Å². The summed E-state index contributed by atoms with van der Waals surface area (Å²) in [5.41, 5.74) is 1.26. The molecule has 15 heavy (non-hydrogen) atoms. The first-order valence-corrected chi connectivity index (χ1v) is 5.31. The first-order chi connectivity index (χ1) is 7.33. The molecule has 0 aromatic carbocycles. The van der Waals surface area contributed by atoms with Gasteiger partial charge in [-0.3, -0.25) is 9.78 Å². The molecule has 0 radical (unpaired) electrons. The highest BCUT2D eigenvalue weighted by molar-refractivity contribution is 5.79. The molecule has 0 saturated carbocycles. The minimum atomic E-state index is 0.166. The van der Waals surface area contributed by atoms with Crippen LogP contribution in [-0.2, 0) is 16.0 Å². The van der Waals surface area contributed by atoms with Crippen LogP contribution in [0.4, 0.5) is 0 Å². The van der Waals surface area contributed by atoms with Crippen LogP contribution in [0.25, 0.3) is 0 Å². The second-order valence-electron chi connectivity index (χ2n) is 3.40. The van der Waals surface area contributed by atoms with Gasteiger partial charge in [-0.05, 0) is 30.5 Å². The third-order valence-corrected chi connectivity index (χ3v) is 2.16. The molecule has 1 aromatic rings. The zero-order chi connectivity index (χ0) is 10.9. The lowest BCUT2D eigenvalue weighted by molar-refractivity contribution is -0.123. The lowest BCUT2D eigenvalue weighted by Gasteiger charge is -2.02. The van der Waals surface area contributed by atoms with Crippen molar-refractivity contribution in [2.75, 3.05) is 13.2 Å². The number of carbonyl (C=O) groups is 1. The molecule has 0 unspecified atom stereocenters. The lowest BCUT2D eigenvalue weighted by atomic mass is 10.1. The highest BCUT2D eigenvalue weighted by Crippen LogP contribution is 2.00. The van der Waals surface area contributed by atoms with Gasteiger partial charge < -0.3 is 4.74 Å². The normalized spacial score (nSPS) is 10.2. The number of Topliss-reactive ketones (excluding diaryl/α,β-unsaturated/α-hetero) is 1. The van der Waals surface area contributed by atoms with Gasteiger partial charge in [0.25, 0.3) is 0 Å². The number of rotatable bonds is 7. The Morgan fingerprint density at radius 2 is 2.13 bits per heavy atom. The van der Waals surface area contributed by atoms with Gasteiger partial charge in [-0.2, -0.15) is 0 Å². The largest absolute Gasteiger partial charge is 0.374 e.